The molecule has 21 heavy (non-hydrogen) atoms. The van der Waals surface area contributed by atoms with Gasteiger partial charge in [0.05, 0.1) is 6.54 Å². The molecule has 0 aliphatic carbocycles. The fraction of sp³-hybridized carbons (Fsp3) is 0.133. The van der Waals surface area contributed by atoms with E-state index in [0.717, 1.165) is 22.9 Å². The summed E-state index contributed by atoms with van der Waals surface area (Å²) in [7, 11) is 0. The summed E-state index contributed by atoms with van der Waals surface area (Å²) >= 11 is 6.04. The Morgan fingerprint density at radius 3 is 2.67 bits per heavy atom. The summed E-state index contributed by atoms with van der Waals surface area (Å²) in [6.45, 7) is 0.946. The van der Waals surface area contributed by atoms with Gasteiger partial charge in [0.1, 0.15) is 11.6 Å². The van der Waals surface area contributed by atoms with Crippen LogP contribution in [0.25, 0.3) is 0 Å². The lowest BCUT2D eigenvalue weighted by Gasteiger charge is -2.16. The van der Waals surface area contributed by atoms with Crippen molar-refractivity contribution in [2.24, 2.45) is 5.10 Å². The number of rotatable bonds is 3. The zero-order valence-electron chi connectivity index (χ0n) is 11.0. The average Bonchev–Trinajstić information content (AvgIpc) is 2.45. The van der Waals surface area contributed by atoms with Crippen LogP contribution in [0.3, 0.4) is 0 Å². The lowest BCUT2D eigenvalue weighted by atomic mass is 10.1. The number of hydrogen-bond donors (Lipinski definition) is 2. The van der Waals surface area contributed by atoms with Crippen LogP contribution < -0.4 is 10.7 Å². The molecule has 0 aromatic heterocycles. The van der Waals surface area contributed by atoms with Crippen molar-refractivity contribution < 1.29 is 8.78 Å². The van der Waals surface area contributed by atoms with E-state index in [1.807, 2.05) is 18.2 Å². The molecule has 1 aliphatic heterocycles. The molecule has 2 aromatic rings. The van der Waals surface area contributed by atoms with Crippen LogP contribution in [0.15, 0.2) is 41.5 Å². The minimum atomic E-state index is -0.585. The standard InChI is InChI=1S/C15H12ClF2N3/c16-15-14-6-13(2-1-10(14)8-20-21-15)19-7-9-3-11(17)5-12(18)4-9/h1-6,19-20H,7-8H2. The van der Waals surface area contributed by atoms with Crippen LogP contribution in [0.4, 0.5) is 14.5 Å². The maximum atomic E-state index is 13.1. The first-order chi connectivity index (χ1) is 10.1. The molecule has 6 heteroatoms. The summed E-state index contributed by atoms with van der Waals surface area (Å²) in [4.78, 5) is 0. The van der Waals surface area contributed by atoms with Crippen molar-refractivity contribution in [1.29, 1.82) is 0 Å². The lowest BCUT2D eigenvalue weighted by molar-refractivity contribution is 0.580. The van der Waals surface area contributed by atoms with E-state index in [1.165, 1.54) is 12.1 Å². The van der Waals surface area contributed by atoms with Crippen molar-refractivity contribution in [3.05, 3.63) is 64.7 Å². The fourth-order valence-corrected chi connectivity index (χ4v) is 2.44. The molecule has 2 N–H and O–H groups in total. The number of halogens is 3. The van der Waals surface area contributed by atoms with Gasteiger partial charge in [0, 0.05) is 23.9 Å². The van der Waals surface area contributed by atoms with Crippen molar-refractivity contribution in [3.8, 4) is 0 Å². The van der Waals surface area contributed by atoms with Crippen molar-refractivity contribution >= 4 is 22.5 Å². The quantitative estimate of drug-likeness (QED) is 0.909. The minimum absolute atomic E-state index is 0.320. The van der Waals surface area contributed by atoms with E-state index in [-0.39, 0.29) is 0 Å². The largest absolute Gasteiger partial charge is 0.381 e. The second-order valence-corrected chi connectivity index (χ2v) is 5.10. The summed E-state index contributed by atoms with van der Waals surface area (Å²) in [5, 5.41) is 7.48. The van der Waals surface area contributed by atoms with Crippen molar-refractivity contribution in [2.75, 3.05) is 5.32 Å². The maximum Gasteiger partial charge on any atom is 0.156 e. The molecule has 0 amide bonds. The molecule has 0 fully saturated rings. The molecule has 0 saturated carbocycles. The molecule has 0 spiro atoms. The van der Waals surface area contributed by atoms with Gasteiger partial charge in [0.15, 0.2) is 5.17 Å². The second kappa shape index (κ2) is 5.69. The van der Waals surface area contributed by atoms with Crippen molar-refractivity contribution in [2.45, 2.75) is 13.1 Å². The highest BCUT2D eigenvalue weighted by molar-refractivity contribution is 6.69. The highest BCUT2D eigenvalue weighted by atomic mass is 35.5. The lowest BCUT2D eigenvalue weighted by Crippen LogP contribution is -2.17. The Morgan fingerprint density at radius 2 is 1.90 bits per heavy atom. The number of anilines is 1. The average molecular weight is 308 g/mol. The third-order valence-electron chi connectivity index (χ3n) is 3.20. The van der Waals surface area contributed by atoms with E-state index in [9.17, 15) is 8.78 Å². The monoisotopic (exact) mass is 307 g/mol. The molecule has 108 valence electrons. The smallest absolute Gasteiger partial charge is 0.156 e. The number of benzene rings is 2. The molecule has 0 unspecified atom stereocenters. The Kier molecular flexibility index (Phi) is 3.75. The first kappa shape index (κ1) is 13.8. The molecule has 0 saturated heterocycles. The summed E-state index contributed by atoms with van der Waals surface area (Å²) in [6, 6.07) is 9.16. The third kappa shape index (κ3) is 3.13. The number of fused-ring (bicyclic) bond motifs is 1. The maximum absolute atomic E-state index is 13.1. The van der Waals surface area contributed by atoms with Gasteiger partial charge >= 0.3 is 0 Å². The van der Waals surface area contributed by atoms with Crippen LogP contribution >= 0.6 is 11.6 Å². The number of nitrogens with zero attached hydrogens (tertiary/aromatic N) is 1. The first-order valence-corrected chi connectivity index (χ1v) is 6.78. The Bertz CT molecular complexity index is 696. The zero-order valence-corrected chi connectivity index (χ0v) is 11.7. The topological polar surface area (TPSA) is 36.4 Å². The van der Waals surface area contributed by atoms with E-state index in [1.54, 1.807) is 0 Å². The molecule has 3 nitrogen and oxygen atoms in total. The normalized spacial score (nSPS) is 13.2. The van der Waals surface area contributed by atoms with Gasteiger partial charge in [0.25, 0.3) is 0 Å². The van der Waals surface area contributed by atoms with Gasteiger partial charge in [-0.05, 0) is 35.4 Å². The van der Waals surface area contributed by atoms with Gasteiger partial charge in [-0.2, -0.15) is 5.10 Å². The van der Waals surface area contributed by atoms with Crippen LogP contribution in [0.5, 0.6) is 0 Å². The first-order valence-electron chi connectivity index (χ1n) is 6.40. The zero-order chi connectivity index (χ0) is 14.8. The molecule has 0 bridgehead atoms. The Labute approximate surface area is 125 Å². The van der Waals surface area contributed by atoms with Crippen LogP contribution in [0.1, 0.15) is 16.7 Å². The number of hydrogen-bond acceptors (Lipinski definition) is 3. The highest BCUT2D eigenvalue weighted by Crippen LogP contribution is 2.21. The highest BCUT2D eigenvalue weighted by Gasteiger charge is 2.12. The van der Waals surface area contributed by atoms with E-state index in [0.29, 0.717) is 23.8 Å². The van der Waals surface area contributed by atoms with E-state index in [4.69, 9.17) is 11.6 Å². The molecule has 0 radical (unpaired) electrons. The summed E-state index contributed by atoms with van der Waals surface area (Å²) in [5.41, 5.74) is 6.09. The Morgan fingerprint density at radius 1 is 1.14 bits per heavy atom. The molecular weight excluding hydrogens is 296 g/mol. The third-order valence-corrected chi connectivity index (χ3v) is 3.49. The molecule has 0 atom stereocenters. The molecule has 2 aromatic carbocycles. The SMILES string of the molecule is Fc1cc(F)cc(CNc2ccc3c(c2)C(Cl)=NNC3)c1. The predicted octanol–water partition coefficient (Wildman–Crippen LogP) is 3.58. The Balaban J connectivity index is 1.77. The van der Waals surface area contributed by atoms with Gasteiger partial charge in [-0.3, -0.25) is 0 Å². The summed E-state index contributed by atoms with van der Waals surface area (Å²) in [5.74, 6) is -1.17. The second-order valence-electron chi connectivity index (χ2n) is 4.74. The van der Waals surface area contributed by atoms with E-state index >= 15 is 0 Å². The van der Waals surface area contributed by atoms with Gasteiger partial charge in [-0.15, -0.1) is 0 Å². The molecule has 3 rings (SSSR count). The summed E-state index contributed by atoms with van der Waals surface area (Å²) < 4.78 is 26.2. The van der Waals surface area contributed by atoms with Crippen LogP contribution in [0.2, 0.25) is 0 Å². The van der Waals surface area contributed by atoms with Crippen LogP contribution in [-0.2, 0) is 13.1 Å². The van der Waals surface area contributed by atoms with Crippen LogP contribution in [-0.4, -0.2) is 5.17 Å². The molecule has 1 heterocycles. The summed E-state index contributed by atoms with van der Waals surface area (Å²) in [6.07, 6.45) is 0. The van der Waals surface area contributed by atoms with Gasteiger partial charge in [-0.25, -0.2) is 8.78 Å². The Hall–Kier alpha value is -2.14. The predicted molar refractivity (Wildman–Crippen MR) is 79.4 cm³/mol. The van der Waals surface area contributed by atoms with E-state index < -0.39 is 11.6 Å². The van der Waals surface area contributed by atoms with Gasteiger partial charge in [-0.1, -0.05) is 17.7 Å². The number of nitrogens with one attached hydrogen (secondary N) is 2. The van der Waals surface area contributed by atoms with Crippen molar-refractivity contribution in [1.82, 2.24) is 5.43 Å². The number of hydrazone groups is 1. The van der Waals surface area contributed by atoms with Crippen molar-refractivity contribution in [3.63, 3.8) is 0 Å². The molecule has 1 aliphatic rings. The molecular formula is C15H12ClF2N3. The van der Waals surface area contributed by atoms with Gasteiger partial charge < -0.3 is 10.7 Å². The fourth-order valence-electron chi connectivity index (χ4n) is 2.20. The minimum Gasteiger partial charge on any atom is -0.381 e. The van der Waals surface area contributed by atoms with Gasteiger partial charge in [0.2, 0.25) is 0 Å². The van der Waals surface area contributed by atoms with Crippen LogP contribution in [0, 0.1) is 11.6 Å². The van der Waals surface area contributed by atoms with E-state index in [2.05, 4.69) is 15.8 Å².